The molecular formula is C20H24N2O2. The van der Waals surface area contributed by atoms with Gasteiger partial charge in [-0.1, -0.05) is 30.3 Å². The Hall–Kier alpha value is -2.33. The third-order valence-corrected chi connectivity index (χ3v) is 4.41. The van der Waals surface area contributed by atoms with Gasteiger partial charge in [-0.05, 0) is 62.6 Å². The number of rotatable bonds is 5. The van der Waals surface area contributed by atoms with Gasteiger partial charge in [0.15, 0.2) is 0 Å². The van der Waals surface area contributed by atoms with Crippen molar-refractivity contribution in [3.05, 3.63) is 59.7 Å². The van der Waals surface area contributed by atoms with Crippen LogP contribution in [0.5, 0.6) is 5.75 Å². The molecule has 2 aromatic carbocycles. The first-order valence-electron chi connectivity index (χ1n) is 8.50. The standard InChI is InChI=1S/C20H24N2O2/c1-14-13-17(24-15(2)16-7-4-3-5-8-16)10-11-18(14)22-20(23)19-9-6-12-21-19/h3-5,7-8,10-11,13,15,19,21H,6,9,12H2,1-2H3,(H,22,23). The summed E-state index contributed by atoms with van der Waals surface area (Å²) < 4.78 is 6.02. The van der Waals surface area contributed by atoms with Crippen molar-refractivity contribution in [2.75, 3.05) is 11.9 Å². The summed E-state index contributed by atoms with van der Waals surface area (Å²) in [6.45, 7) is 4.94. The number of carbonyl (C=O) groups is 1. The predicted octanol–water partition coefficient (Wildman–Crippen LogP) is 3.83. The van der Waals surface area contributed by atoms with Crippen molar-refractivity contribution in [2.24, 2.45) is 0 Å². The minimum absolute atomic E-state index is 0.0197. The van der Waals surface area contributed by atoms with Crippen molar-refractivity contribution in [3.63, 3.8) is 0 Å². The Labute approximate surface area is 143 Å². The number of hydrogen-bond donors (Lipinski definition) is 2. The van der Waals surface area contributed by atoms with Gasteiger partial charge in [-0.2, -0.15) is 0 Å². The third-order valence-electron chi connectivity index (χ3n) is 4.41. The SMILES string of the molecule is Cc1cc(OC(C)c2ccccc2)ccc1NC(=O)C1CCCN1. The Morgan fingerprint density at radius 2 is 2.04 bits per heavy atom. The number of nitrogens with one attached hydrogen (secondary N) is 2. The number of aryl methyl sites for hydroxylation is 1. The molecule has 1 fully saturated rings. The molecule has 0 radical (unpaired) electrons. The van der Waals surface area contributed by atoms with Crippen molar-refractivity contribution in [3.8, 4) is 5.75 Å². The Morgan fingerprint density at radius 1 is 1.25 bits per heavy atom. The van der Waals surface area contributed by atoms with Crippen LogP contribution in [0.25, 0.3) is 0 Å². The number of benzene rings is 2. The fourth-order valence-electron chi connectivity index (χ4n) is 2.97. The fraction of sp³-hybridized carbons (Fsp3) is 0.350. The second-order valence-electron chi connectivity index (χ2n) is 6.29. The topological polar surface area (TPSA) is 50.4 Å². The quantitative estimate of drug-likeness (QED) is 0.879. The summed E-state index contributed by atoms with van der Waals surface area (Å²) in [6.07, 6.45) is 1.94. The summed E-state index contributed by atoms with van der Waals surface area (Å²) in [6, 6.07) is 15.8. The normalized spacial score (nSPS) is 18.2. The lowest BCUT2D eigenvalue weighted by atomic mass is 10.1. The van der Waals surface area contributed by atoms with Gasteiger partial charge in [-0.3, -0.25) is 4.79 Å². The van der Waals surface area contributed by atoms with E-state index >= 15 is 0 Å². The van der Waals surface area contributed by atoms with Crippen molar-refractivity contribution in [1.82, 2.24) is 5.32 Å². The lowest BCUT2D eigenvalue weighted by molar-refractivity contribution is -0.117. The van der Waals surface area contributed by atoms with Crippen LogP contribution >= 0.6 is 0 Å². The molecule has 1 saturated heterocycles. The van der Waals surface area contributed by atoms with Crippen molar-refractivity contribution < 1.29 is 9.53 Å². The van der Waals surface area contributed by atoms with Crippen LogP contribution in [-0.4, -0.2) is 18.5 Å². The molecule has 2 N–H and O–H groups in total. The van der Waals surface area contributed by atoms with Gasteiger partial charge in [0.25, 0.3) is 0 Å². The van der Waals surface area contributed by atoms with Gasteiger partial charge in [-0.25, -0.2) is 0 Å². The average Bonchev–Trinajstić information content (AvgIpc) is 3.13. The smallest absolute Gasteiger partial charge is 0.241 e. The van der Waals surface area contributed by atoms with E-state index in [1.807, 2.05) is 50.2 Å². The van der Waals surface area contributed by atoms with Crippen molar-refractivity contribution in [2.45, 2.75) is 38.8 Å². The summed E-state index contributed by atoms with van der Waals surface area (Å²) in [4.78, 5) is 12.2. The lowest BCUT2D eigenvalue weighted by Gasteiger charge is -2.17. The molecule has 2 unspecified atom stereocenters. The molecule has 1 aliphatic rings. The summed E-state index contributed by atoms with van der Waals surface area (Å²) in [5.74, 6) is 0.850. The van der Waals surface area contributed by atoms with E-state index in [-0.39, 0.29) is 18.1 Å². The van der Waals surface area contributed by atoms with E-state index in [0.717, 1.165) is 42.0 Å². The molecule has 1 amide bonds. The van der Waals surface area contributed by atoms with Gasteiger partial charge in [0.1, 0.15) is 11.9 Å². The maximum atomic E-state index is 12.2. The molecule has 1 heterocycles. The molecule has 3 rings (SSSR count). The molecule has 0 aliphatic carbocycles. The molecule has 0 bridgehead atoms. The van der Waals surface area contributed by atoms with Crippen LogP contribution in [-0.2, 0) is 4.79 Å². The first kappa shape index (κ1) is 16.5. The van der Waals surface area contributed by atoms with Gasteiger partial charge in [0, 0.05) is 5.69 Å². The Balaban J connectivity index is 1.65. The zero-order valence-electron chi connectivity index (χ0n) is 14.2. The van der Waals surface area contributed by atoms with E-state index < -0.39 is 0 Å². The molecule has 1 aliphatic heterocycles. The molecule has 0 saturated carbocycles. The molecule has 2 atom stereocenters. The zero-order chi connectivity index (χ0) is 16.9. The lowest BCUT2D eigenvalue weighted by Crippen LogP contribution is -2.35. The first-order chi connectivity index (χ1) is 11.6. The number of ether oxygens (including phenoxy) is 1. The minimum Gasteiger partial charge on any atom is -0.486 e. The maximum absolute atomic E-state index is 12.2. The van der Waals surface area contributed by atoms with Gasteiger partial charge < -0.3 is 15.4 Å². The van der Waals surface area contributed by atoms with E-state index in [2.05, 4.69) is 22.8 Å². The highest BCUT2D eigenvalue weighted by atomic mass is 16.5. The van der Waals surface area contributed by atoms with E-state index in [1.54, 1.807) is 0 Å². The van der Waals surface area contributed by atoms with E-state index in [4.69, 9.17) is 4.74 Å². The number of carbonyl (C=O) groups excluding carboxylic acids is 1. The second-order valence-corrected chi connectivity index (χ2v) is 6.29. The zero-order valence-corrected chi connectivity index (χ0v) is 14.2. The summed E-state index contributed by atoms with van der Waals surface area (Å²) in [5.41, 5.74) is 2.98. The maximum Gasteiger partial charge on any atom is 0.241 e. The summed E-state index contributed by atoms with van der Waals surface area (Å²) in [7, 11) is 0. The average molecular weight is 324 g/mol. The van der Waals surface area contributed by atoms with Crippen LogP contribution < -0.4 is 15.4 Å². The van der Waals surface area contributed by atoms with Crippen LogP contribution in [0.15, 0.2) is 48.5 Å². The number of hydrogen-bond acceptors (Lipinski definition) is 3. The van der Waals surface area contributed by atoms with Gasteiger partial charge in [0.2, 0.25) is 5.91 Å². The van der Waals surface area contributed by atoms with Crippen LogP contribution in [0.4, 0.5) is 5.69 Å². The largest absolute Gasteiger partial charge is 0.486 e. The first-order valence-corrected chi connectivity index (χ1v) is 8.50. The molecular weight excluding hydrogens is 300 g/mol. The highest BCUT2D eigenvalue weighted by molar-refractivity contribution is 5.95. The Morgan fingerprint density at radius 3 is 2.71 bits per heavy atom. The summed E-state index contributed by atoms with van der Waals surface area (Å²) in [5, 5.41) is 6.22. The molecule has 126 valence electrons. The monoisotopic (exact) mass is 324 g/mol. The number of anilines is 1. The summed E-state index contributed by atoms with van der Waals surface area (Å²) >= 11 is 0. The number of amides is 1. The van der Waals surface area contributed by atoms with Crippen LogP contribution in [0.1, 0.15) is 37.0 Å². The van der Waals surface area contributed by atoms with E-state index in [0.29, 0.717) is 0 Å². The van der Waals surface area contributed by atoms with Gasteiger partial charge >= 0.3 is 0 Å². The minimum atomic E-state index is -0.0709. The second kappa shape index (κ2) is 7.49. The fourth-order valence-corrected chi connectivity index (χ4v) is 2.97. The van der Waals surface area contributed by atoms with Crippen LogP contribution in [0.2, 0.25) is 0 Å². The van der Waals surface area contributed by atoms with Crippen molar-refractivity contribution >= 4 is 11.6 Å². The van der Waals surface area contributed by atoms with Crippen LogP contribution in [0.3, 0.4) is 0 Å². The molecule has 0 spiro atoms. The van der Waals surface area contributed by atoms with E-state index in [1.165, 1.54) is 0 Å². The van der Waals surface area contributed by atoms with Crippen LogP contribution in [0, 0.1) is 6.92 Å². The Bertz CT molecular complexity index is 694. The molecule has 2 aromatic rings. The highest BCUT2D eigenvalue weighted by Crippen LogP contribution is 2.26. The van der Waals surface area contributed by atoms with E-state index in [9.17, 15) is 4.79 Å². The highest BCUT2D eigenvalue weighted by Gasteiger charge is 2.22. The Kier molecular flexibility index (Phi) is 5.16. The third kappa shape index (κ3) is 3.95. The van der Waals surface area contributed by atoms with Crippen molar-refractivity contribution in [1.29, 1.82) is 0 Å². The molecule has 0 aromatic heterocycles. The molecule has 24 heavy (non-hydrogen) atoms. The molecule has 4 heteroatoms. The van der Waals surface area contributed by atoms with Gasteiger partial charge in [0.05, 0.1) is 6.04 Å². The van der Waals surface area contributed by atoms with Gasteiger partial charge in [-0.15, -0.1) is 0 Å². The predicted molar refractivity (Wildman–Crippen MR) is 96.3 cm³/mol. The molecule has 4 nitrogen and oxygen atoms in total.